The van der Waals surface area contributed by atoms with E-state index in [1.165, 1.54) is 25.1 Å². The van der Waals surface area contributed by atoms with Crippen LogP contribution in [0.4, 0.5) is 0 Å². The average Bonchev–Trinajstić information content (AvgIpc) is 3.05. The molecule has 4 rings (SSSR count). The summed E-state index contributed by atoms with van der Waals surface area (Å²) in [7, 11) is 0. The topological polar surface area (TPSA) is 74.8 Å². The van der Waals surface area contributed by atoms with Gasteiger partial charge in [-0.3, -0.25) is 19.2 Å². The van der Waals surface area contributed by atoms with E-state index < -0.39 is 41.4 Å². The molecule has 0 saturated carbocycles. The number of allylic oxidation sites excluding steroid dienone is 2. The average molecular weight is 499 g/mol. The number of aryl methyl sites for hydroxylation is 1. The monoisotopic (exact) mass is 498 g/mol. The first-order valence-electron chi connectivity index (χ1n) is 11.0. The molecule has 1 aliphatic carbocycles. The largest absolute Gasteiger partial charge is 0.292 e. The predicted octanol–water partition coefficient (Wildman–Crippen LogP) is 5.27. The van der Waals surface area contributed by atoms with E-state index in [9.17, 15) is 19.2 Å². The Morgan fingerprint density at radius 1 is 0.941 bits per heavy atom. The molecule has 2 aromatic carbocycles. The molecule has 1 heterocycles. The standard InChI is InChI=1S/C26H24Cl2N2O4/c1-14-4-7-17(8-5-14)23(31)16(3)29(24(32)18-9-11-21(27)22(28)13-18)30-25(33)19-10-6-15(2)12-20(19)26(30)34/h4-9,11,13,16,19-20H,10,12H2,1-3H3/t16-,19-,20-/m0/s1. The fourth-order valence-corrected chi connectivity index (χ4v) is 4.80. The zero-order valence-corrected chi connectivity index (χ0v) is 20.6. The van der Waals surface area contributed by atoms with Gasteiger partial charge in [-0.2, -0.15) is 5.01 Å². The number of carbonyl (C=O) groups is 4. The van der Waals surface area contributed by atoms with E-state index in [4.69, 9.17) is 23.2 Å². The Hall–Kier alpha value is -2.96. The van der Waals surface area contributed by atoms with E-state index in [1.807, 2.05) is 19.9 Å². The highest BCUT2D eigenvalue weighted by atomic mass is 35.5. The highest BCUT2D eigenvalue weighted by Gasteiger charge is 2.53. The van der Waals surface area contributed by atoms with Crippen LogP contribution in [0.25, 0.3) is 0 Å². The molecule has 2 aromatic rings. The van der Waals surface area contributed by atoms with Crippen LogP contribution in [-0.4, -0.2) is 39.6 Å². The Morgan fingerprint density at radius 2 is 1.56 bits per heavy atom. The number of halogens is 2. The molecule has 6 nitrogen and oxygen atoms in total. The highest BCUT2D eigenvalue weighted by Crippen LogP contribution is 2.39. The molecule has 1 aliphatic heterocycles. The normalized spacial score (nSPS) is 20.6. The SMILES string of the molecule is CC1=CC[C@@H]2C(=O)N(N(C(=O)c3ccc(Cl)c(Cl)c3)[C@@H](C)C(=O)c3ccc(C)cc3)C(=O)[C@H]2C1. The van der Waals surface area contributed by atoms with Gasteiger partial charge in [0.15, 0.2) is 5.78 Å². The van der Waals surface area contributed by atoms with Gasteiger partial charge in [-0.1, -0.05) is 64.7 Å². The summed E-state index contributed by atoms with van der Waals surface area (Å²) in [6.45, 7) is 5.33. The quantitative estimate of drug-likeness (QED) is 0.319. The summed E-state index contributed by atoms with van der Waals surface area (Å²) in [5.74, 6) is -3.13. The van der Waals surface area contributed by atoms with Crippen molar-refractivity contribution in [1.29, 1.82) is 0 Å². The Labute approximate surface area is 208 Å². The smallest absolute Gasteiger partial charge is 0.273 e. The molecule has 0 spiro atoms. The number of ketones is 1. The first-order valence-corrected chi connectivity index (χ1v) is 11.8. The van der Waals surface area contributed by atoms with Crippen molar-refractivity contribution in [3.63, 3.8) is 0 Å². The van der Waals surface area contributed by atoms with Crippen molar-refractivity contribution in [1.82, 2.24) is 10.0 Å². The lowest BCUT2D eigenvalue weighted by Crippen LogP contribution is -2.56. The number of carbonyl (C=O) groups excluding carboxylic acids is 4. The molecule has 1 saturated heterocycles. The number of fused-ring (bicyclic) bond motifs is 1. The molecule has 2 aliphatic rings. The molecule has 34 heavy (non-hydrogen) atoms. The lowest BCUT2D eigenvalue weighted by molar-refractivity contribution is -0.156. The number of hydrazine groups is 1. The van der Waals surface area contributed by atoms with E-state index in [1.54, 1.807) is 24.3 Å². The van der Waals surface area contributed by atoms with Gasteiger partial charge in [0, 0.05) is 11.1 Å². The summed E-state index contributed by atoms with van der Waals surface area (Å²) in [6.07, 6.45) is 2.81. The van der Waals surface area contributed by atoms with Crippen molar-refractivity contribution < 1.29 is 19.2 Å². The summed E-state index contributed by atoms with van der Waals surface area (Å²) in [5, 5.41) is 2.27. The molecule has 0 aromatic heterocycles. The van der Waals surface area contributed by atoms with Crippen LogP contribution in [-0.2, 0) is 9.59 Å². The second kappa shape index (κ2) is 9.35. The fourth-order valence-electron chi connectivity index (χ4n) is 4.50. The van der Waals surface area contributed by atoms with Crippen LogP contribution in [0.2, 0.25) is 10.0 Å². The molecule has 1 fully saturated rings. The van der Waals surface area contributed by atoms with Gasteiger partial charge < -0.3 is 0 Å². The van der Waals surface area contributed by atoms with Crippen molar-refractivity contribution >= 4 is 46.7 Å². The number of hydrogen-bond acceptors (Lipinski definition) is 4. The summed E-state index contributed by atoms with van der Waals surface area (Å²) in [5.41, 5.74) is 2.49. The molecule has 0 unspecified atom stereocenters. The number of rotatable bonds is 5. The lowest BCUT2D eigenvalue weighted by atomic mass is 9.82. The first kappa shape index (κ1) is 24.2. The number of hydrogen-bond donors (Lipinski definition) is 0. The van der Waals surface area contributed by atoms with Gasteiger partial charge >= 0.3 is 0 Å². The molecule has 3 atom stereocenters. The molecule has 8 heteroatoms. The number of amides is 3. The van der Waals surface area contributed by atoms with Crippen LogP contribution < -0.4 is 0 Å². The summed E-state index contributed by atoms with van der Waals surface area (Å²) >= 11 is 12.1. The van der Waals surface area contributed by atoms with Crippen LogP contribution in [0, 0.1) is 18.8 Å². The van der Waals surface area contributed by atoms with E-state index in [0.29, 0.717) is 18.4 Å². The maximum atomic E-state index is 13.7. The second-order valence-corrected chi connectivity index (χ2v) is 9.69. The van der Waals surface area contributed by atoms with Crippen molar-refractivity contribution in [2.24, 2.45) is 11.8 Å². The highest BCUT2D eigenvalue weighted by molar-refractivity contribution is 6.42. The van der Waals surface area contributed by atoms with E-state index in [2.05, 4.69) is 0 Å². The molecule has 0 N–H and O–H groups in total. The minimum absolute atomic E-state index is 0.114. The van der Waals surface area contributed by atoms with Crippen LogP contribution in [0.5, 0.6) is 0 Å². The number of benzene rings is 2. The predicted molar refractivity (Wildman–Crippen MR) is 129 cm³/mol. The zero-order valence-electron chi connectivity index (χ0n) is 19.0. The molecular formula is C26H24Cl2N2O4. The van der Waals surface area contributed by atoms with Crippen molar-refractivity contribution in [2.45, 2.75) is 39.7 Å². The van der Waals surface area contributed by atoms with E-state index in [-0.39, 0.29) is 15.6 Å². The molecule has 0 radical (unpaired) electrons. The maximum absolute atomic E-state index is 13.7. The summed E-state index contributed by atoms with van der Waals surface area (Å²) in [4.78, 5) is 53.9. The molecular weight excluding hydrogens is 475 g/mol. The Bertz CT molecular complexity index is 1220. The van der Waals surface area contributed by atoms with Crippen molar-refractivity contribution in [3.05, 3.63) is 80.8 Å². The minimum atomic E-state index is -1.12. The third-order valence-electron chi connectivity index (χ3n) is 6.47. The van der Waals surface area contributed by atoms with Crippen molar-refractivity contribution in [2.75, 3.05) is 0 Å². The van der Waals surface area contributed by atoms with Crippen LogP contribution in [0.1, 0.15) is 53.0 Å². The van der Waals surface area contributed by atoms with Crippen LogP contribution >= 0.6 is 23.2 Å². The van der Waals surface area contributed by atoms with Crippen LogP contribution in [0.15, 0.2) is 54.1 Å². The summed E-state index contributed by atoms with van der Waals surface area (Å²) in [6, 6.07) is 10.1. The number of nitrogens with zero attached hydrogens (tertiary/aromatic N) is 2. The number of Topliss-reactive ketones (excluding diaryl/α,β-unsaturated/α-hetero) is 1. The van der Waals surface area contributed by atoms with Gasteiger partial charge in [0.2, 0.25) is 0 Å². The Morgan fingerprint density at radius 3 is 2.21 bits per heavy atom. The summed E-state index contributed by atoms with van der Waals surface area (Å²) < 4.78 is 0. The minimum Gasteiger partial charge on any atom is -0.292 e. The van der Waals surface area contributed by atoms with Gasteiger partial charge in [0.1, 0.15) is 6.04 Å². The lowest BCUT2D eigenvalue weighted by Gasteiger charge is -2.34. The third-order valence-corrected chi connectivity index (χ3v) is 7.21. The van der Waals surface area contributed by atoms with Crippen LogP contribution in [0.3, 0.4) is 0 Å². The Balaban J connectivity index is 1.76. The van der Waals surface area contributed by atoms with Gasteiger partial charge in [-0.05, 0) is 51.8 Å². The van der Waals surface area contributed by atoms with Crippen molar-refractivity contribution in [3.8, 4) is 0 Å². The fraction of sp³-hybridized carbons (Fsp3) is 0.308. The van der Waals surface area contributed by atoms with E-state index in [0.717, 1.165) is 21.2 Å². The first-order chi connectivity index (χ1) is 16.1. The molecule has 3 amide bonds. The Kier molecular flexibility index (Phi) is 6.65. The van der Waals surface area contributed by atoms with Gasteiger partial charge in [-0.15, -0.1) is 0 Å². The van der Waals surface area contributed by atoms with Gasteiger partial charge in [0.05, 0.1) is 21.9 Å². The van der Waals surface area contributed by atoms with Gasteiger partial charge in [-0.25, -0.2) is 5.01 Å². The second-order valence-electron chi connectivity index (χ2n) is 8.88. The maximum Gasteiger partial charge on any atom is 0.273 e. The van der Waals surface area contributed by atoms with Gasteiger partial charge in [0.25, 0.3) is 17.7 Å². The number of imide groups is 1. The molecule has 0 bridgehead atoms. The zero-order chi connectivity index (χ0) is 24.7. The van der Waals surface area contributed by atoms with E-state index >= 15 is 0 Å². The molecule has 176 valence electrons. The third kappa shape index (κ3) is 4.28.